The van der Waals surface area contributed by atoms with Crippen LogP contribution in [0.15, 0.2) is 41.4 Å². The first-order valence-electron chi connectivity index (χ1n) is 8.56. The Morgan fingerprint density at radius 1 is 1.15 bits per heavy atom. The van der Waals surface area contributed by atoms with E-state index in [1.54, 1.807) is 30.3 Å². The maximum absolute atomic E-state index is 11.9. The zero-order valence-electron chi connectivity index (χ0n) is 15.8. The van der Waals surface area contributed by atoms with E-state index in [0.717, 1.165) is 35.4 Å². The van der Waals surface area contributed by atoms with Gasteiger partial charge in [0, 0.05) is 37.6 Å². The van der Waals surface area contributed by atoms with Gasteiger partial charge < -0.3 is 15.5 Å². The normalized spacial score (nSPS) is 10.9. The smallest absolute Gasteiger partial charge is 0.253 e. The van der Waals surface area contributed by atoms with Crippen LogP contribution in [0.25, 0.3) is 0 Å². The number of halogens is 2. The lowest BCUT2D eigenvalue weighted by atomic mass is 10.1. The number of aliphatic imine (C=N–C) groups is 1. The largest absolute Gasteiger partial charge is 0.357 e. The topological polar surface area (TPSA) is 56.7 Å². The molecule has 0 saturated heterocycles. The molecular formula is C19H26ClIN4OS. The lowest BCUT2D eigenvalue weighted by Crippen LogP contribution is -2.38. The minimum absolute atomic E-state index is 0. The monoisotopic (exact) mass is 520 g/mol. The van der Waals surface area contributed by atoms with Crippen LogP contribution in [0.2, 0.25) is 4.34 Å². The third-order valence-corrected chi connectivity index (χ3v) is 4.95. The van der Waals surface area contributed by atoms with E-state index < -0.39 is 0 Å². The molecule has 0 aliphatic carbocycles. The fourth-order valence-corrected chi connectivity index (χ4v) is 3.40. The second kappa shape index (κ2) is 12.2. The van der Waals surface area contributed by atoms with Gasteiger partial charge in [-0.25, -0.2) is 4.99 Å². The number of benzene rings is 1. The quantitative estimate of drug-likeness (QED) is 0.329. The molecule has 0 radical (unpaired) electrons. The predicted octanol–water partition coefficient (Wildman–Crippen LogP) is 4.02. The Balaban J connectivity index is 0.00000364. The van der Waals surface area contributed by atoms with E-state index >= 15 is 0 Å². The summed E-state index contributed by atoms with van der Waals surface area (Å²) >= 11 is 7.56. The number of hydrogen-bond acceptors (Lipinski definition) is 3. The molecule has 27 heavy (non-hydrogen) atoms. The summed E-state index contributed by atoms with van der Waals surface area (Å²) in [4.78, 5) is 19.3. The van der Waals surface area contributed by atoms with Crippen molar-refractivity contribution in [2.75, 3.05) is 27.2 Å². The van der Waals surface area contributed by atoms with Gasteiger partial charge in [-0.05, 0) is 43.2 Å². The maximum atomic E-state index is 11.9. The number of rotatable bonds is 7. The molecule has 1 heterocycles. The molecule has 2 aromatic rings. The second-order valence-corrected chi connectivity index (χ2v) is 7.77. The highest BCUT2D eigenvalue weighted by atomic mass is 127. The Morgan fingerprint density at radius 2 is 1.85 bits per heavy atom. The van der Waals surface area contributed by atoms with Crippen molar-refractivity contribution in [1.82, 2.24) is 15.5 Å². The molecule has 0 unspecified atom stereocenters. The molecule has 0 fully saturated rings. The lowest BCUT2D eigenvalue weighted by Gasteiger charge is -2.12. The van der Waals surface area contributed by atoms with Gasteiger partial charge in [0.1, 0.15) is 0 Å². The standard InChI is InChI=1S/C19H25ClN4OS.HI/c1-4-21-19(22-12-11-16-9-10-17(20)26-16)23-13-14-5-7-15(8-6-14)18(25)24(2)3;/h5-10H,4,11-13H2,1-3H3,(H2,21,22,23);1H. The third kappa shape index (κ3) is 8.06. The van der Waals surface area contributed by atoms with Crippen LogP contribution < -0.4 is 10.6 Å². The Labute approximate surface area is 187 Å². The molecule has 2 rings (SSSR count). The van der Waals surface area contributed by atoms with Gasteiger partial charge >= 0.3 is 0 Å². The first-order valence-corrected chi connectivity index (χ1v) is 9.76. The molecule has 0 bridgehead atoms. The summed E-state index contributed by atoms with van der Waals surface area (Å²) in [6, 6.07) is 11.5. The van der Waals surface area contributed by atoms with E-state index in [-0.39, 0.29) is 29.9 Å². The number of amides is 1. The van der Waals surface area contributed by atoms with Gasteiger partial charge in [-0.3, -0.25) is 4.79 Å². The molecule has 0 atom stereocenters. The molecule has 1 amide bonds. The van der Waals surface area contributed by atoms with Gasteiger partial charge in [-0.1, -0.05) is 23.7 Å². The molecule has 5 nitrogen and oxygen atoms in total. The Morgan fingerprint density at radius 3 is 2.41 bits per heavy atom. The minimum Gasteiger partial charge on any atom is -0.357 e. The van der Waals surface area contributed by atoms with Crippen molar-refractivity contribution in [3.05, 3.63) is 56.7 Å². The van der Waals surface area contributed by atoms with Crippen molar-refractivity contribution in [2.24, 2.45) is 4.99 Å². The first kappa shape index (κ1) is 23.7. The molecule has 0 saturated carbocycles. The van der Waals surface area contributed by atoms with Gasteiger partial charge in [0.2, 0.25) is 0 Å². The van der Waals surface area contributed by atoms with Gasteiger partial charge in [0.25, 0.3) is 5.91 Å². The van der Waals surface area contributed by atoms with Crippen LogP contribution in [0.4, 0.5) is 0 Å². The Kier molecular flexibility index (Phi) is 10.7. The first-order chi connectivity index (χ1) is 12.5. The number of carbonyl (C=O) groups excluding carboxylic acids is 1. The second-order valence-electron chi connectivity index (χ2n) is 5.97. The zero-order valence-corrected chi connectivity index (χ0v) is 19.7. The van der Waals surface area contributed by atoms with E-state index in [4.69, 9.17) is 11.6 Å². The number of carbonyl (C=O) groups is 1. The van der Waals surface area contributed by atoms with Gasteiger partial charge in [0.15, 0.2) is 5.96 Å². The number of thiophene rings is 1. The molecule has 2 N–H and O–H groups in total. The van der Waals surface area contributed by atoms with E-state index in [0.29, 0.717) is 12.1 Å². The zero-order chi connectivity index (χ0) is 18.9. The minimum atomic E-state index is 0. The van der Waals surface area contributed by atoms with E-state index in [2.05, 4.69) is 21.7 Å². The highest BCUT2D eigenvalue weighted by Crippen LogP contribution is 2.21. The fourth-order valence-electron chi connectivity index (χ4n) is 2.31. The third-order valence-electron chi connectivity index (χ3n) is 3.66. The van der Waals surface area contributed by atoms with E-state index in [1.807, 2.05) is 37.3 Å². The number of hydrogen-bond donors (Lipinski definition) is 2. The van der Waals surface area contributed by atoms with Crippen LogP contribution in [0, 0.1) is 0 Å². The van der Waals surface area contributed by atoms with Crippen molar-refractivity contribution in [3.8, 4) is 0 Å². The summed E-state index contributed by atoms with van der Waals surface area (Å²) in [6.45, 7) is 4.18. The summed E-state index contributed by atoms with van der Waals surface area (Å²) < 4.78 is 0.816. The molecule has 1 aromatic heterocycles. The Bertz CT molecular complexity index is 746. The van der Waals surface area contributed by atoms with Gasteiger partial charge in [-0.15, -0.1) is 35.3 Å². The van der Waals surface area contributed by atoms with Crippen LogP contribution in [0.1, 0.15) is 27.7 Å². The summed E-state index contributed by atoms with van der Waals surface area (Å²) in [6.07, 6.45) is 0.906. The summed E-state index contributed by atoms with van der Waals surface area (Å²) in [5.41, 5.74) is 1.74. The predicted molar refractivity (Wildman–Crippen MR) is 126 cm³/mol. The molecule has 0 spiro atoms. The van der Waals surface area contributed by atoms with Crippen molar-refractivity contribution in [1.29, 1.82) is 0 Å². The van der Waals surface area contributed by atoms with Crippen molar-refractivity contribution in [3.63, 3.8) is 0 Å². The fraction of sp³-hybridized carbons (Fsp3) is 0.368. The van der Waals surface area contributed by atoms with E-state index in [9.17, 15) is 4.79 Å². The molecule has 148 valence electrons. The highest BCUT2D eigenvalue weighted by molar-refractivity contribution is 14.0. The average Bonchev–Trinajstić information content (AvgIpc) is 3.04. The van der Waals surface area contributed by atoms with Crippen LogP contribution in [-0.2, 0) is 13.0 Å². The van der Waals surface area contributed by atoms with E-state index in [1.165, 1.54) is 4.88 Å². The Hall–Kier alpha value is -1.32. The van der Waals surface area contributed by atoms with Crippen LogP contribution in [0.3, 0.4) is 0 Å². The number of guanidine groups is 1. The van der Waals surface area contributed by atoms with Gasteiger partial charge in [0.05, 0.1) is 10.9 Å². The SMILES string of the molecule is CCNC(=NCc1ccc(C(=O)N(C)C)cc1)NCCc1ccc(Cl)s1.I. The highest BCUT2D eigenvalue weighted by Gasteiger charge is 2.07. The van der Waals surface area contributed by atoms with Crippen molar-refractivity contribution in [2.45, 2.75) is 19.9 Å². The molecule has 0 aliphatic rings. The molecule has 1 aromatic carbocycles. The summed E-state index contributed by atoms with van der Waals surface area (Å²) in [5.74, 6) is 0.785. The average molecular weight is 521 g/mol. The lowest BCUT2D eigenvalue weighted by molar-refractivity contribution is 0.0827. The van der Waals surface area contributed by atoms with Crippen molar-refractivity contribution >= 4 is 58.8 Å². The molecule has 8 heteroatoms. The van der Waals surface area contributed by atoms with Crippen molar-refractivity contribution < 1.29 is 4.79 Å². The van der Waals surface area contributed by atoms with Gasteiger partial charge in [-0.2, -0.15) is 0 Å². The van der Waals surface area contributed by atoms with Crippen LogP contribution >= 0.6 is 46.9 Å². The maximum Gasteiger partial charge on any atom is 0.253 e. The molecular weight excluding hydrogens is 495 g/mol. The van der Waals surface area contributed by atoms with Crippen LogP contribution in [0.5, 0.6) is 0 Å². The number of nitrogens with zero attached hydrogens (tertiary/aromatic N) is 2. The summed E-state index contributed by atoms with van der Waals surface area (Å²) in [5, 5.41) is 6.58. The number of nitrogens with one attached hydrogen (secondary N) is 2. The molecule has 0 aliphatic heterocycles. The summed E-state index contributed by atoms with van der Waals surface area (Å²) in [7, 11) is 3.50. The van der Waals surface area contributed by atoms with Crippen LogP contribution in [-0.4, -0.2) is 44.0 Å².